The van der Waals surface area contributed by atoms with Crippen molar-refractivity contribution >= 4 is 0 Å². The average molecular weight is 182 g/mol. The molecular formula is C14H14. The predicted octanol–water partition coefficient (Wildman–Crippen LogP) is 3.56. The van der Waals surface area contributed by atoms with Crippen LogP contribution in [-0.4, -0.2) is 0 Å². The first kappa shape index (κ1) is 8.05. The summed E-state index contributed by atoms with van der Waals surface area (Å²) in [5.74, 6) is 1.37. The molecule has 0 saturated heterocycles. The zero-order valence-electron chi connectivity index (χ0n) is 8.19. The molecular weight excluding hydrogens is 168 g/mol. The first-order chi connectivity index (χ1) is 6.95. The van der Waals surface area contributed by atoms with E-state index in [9.17, 15) is 0 Å². The molecule has 0 spiro atoms. The van der Waals surface area contributed by atoms with Crippen LogP contribution in [0.25, 0.3) is 0 Å². The minimum Gasteiger partial charge on any atom is -0.0805 e. The smallest absolute Gasteiger partial charge is 0.00898 e. The molecule has 0 nitrogen and oxygen atoms in total. The molecule has 0 saturated carbocycles. The van der Waals surface area contributed by atoms with Crippen molar-refractivity contribution in [2.24, 2.45) is 11.8 Å². The summed E-state index contributed by atoms with van der Waals surface area (Å²) in [4.78, 5) is 0. The molecule has 0 bridgehead atoms. The highest BCUT2D eigenvalue weighted by molar-refractivity contribution is 5.46. The normalized spacial score (nSPS) is 33.1. The first-order valence-electron chi connectivity index (χ1n) is 5.36. The van der Waals surface area contributed by atoms with Gasteiger partial charge in [0.05, 0.1) is 0 Å². The van der Waals surface area contributed by atoms with Gasteiger partial charge in [-0.05, 0) is 29.9 Å². The lowest BCUT2D eigenvalue weighted by atomic mass is 9.87. The van der Waals surface area contributed by atoms with E-state index >= 15 is 0 Å². The molecule has 0 N–H and O–H groups in total. The molecule has 0 aromatic heterocycles. The molecule has 2 atom stereocenters. The number of hydrogen-bond acceptors (Lipinski definition) is 0. The third kappa shape index (κ3) is 1.14. The highest BCUT2D eigenvalue weighted by atomic mass is 14.3. The van der Waals surface area contributed by atoms with E-state index in [0.717, 1.165) is 12.3 Å². The zero-order chi connectivity index (χ0) is 9.38. The van der Waals surface area contributed by atoms with Gasteiger partial charge in [-0.3, -0.25) is 0 Å². The maximum absolute atomic E-state index is 2.35. The molecule has 0 amide bonds. The number of hydrogen-bond donors (Lipinski definition) is 0. The summed E-state index contributed by atoms with van der Waals surface area (Å²) in [6.45, 7) is 0. The van der Waals surface area contributed by atoms with E-state index in [2.05, 4.69) is 48.6 Å². The van der Waals surface area contributed by atoms with Gasteiger partial charge in [0, 0.05) is 5.92 Å². The lowest BCUT2D eigenvalue weighted by molar-refractivity contribution is 0.581. The van der Waals surface area contributed by atoms with Crippen LogP contribution in [0.15, 0.2) is 59.8 Å². The minimum absolute atomic E-state index is 0.647. The van der Waals surface area contributed by atoms with Gasteiger partial charge >= 0.3 is 0 Å². The van der Waals surface area contributed by atoms with Gasteiger partial charge in [-0.2, -0.15) is 0 Å². The Labute approximate surface area is 85.0 Å². The molecule has 70 valence electrons. The Hall–Kier alpha value is -1.30. The SMILES string of the molecule is C1=CC2CC3=C(C=CCC=C3)C2C=C1. The number of fused-ring (bicyclic) bond motifs is 2. The van der Waals surface area contributed by atoms with E-state index in [0.29, 0.717) is 5.92 Å². The zero-order valence-corrected chi connectivity index (χ0v) is 8.19. The summed E-state index contributed by atoms with van der Waals surface area (Å²) in [6.07, 6.45) is 20.5. The lowest BCUT2D eigenvalue weighted by Gasteiger charge is -2.17. The van der Waals surface area contributed by atoms with Gasteiger partial charge in [-0.15, -0.1) is 0 Å². The van der Waals surface area contributed by atoms with Crippen molar-refractivity contribution < 1.29 is 0 Å². The second kappa shape index (κ2) is 3.13. The topological polar surface area (TPSA) is 0 Å². The Balaban J connectivity index is 2.03. The Morgan fingerprint density at radius 1 is 1.00 bits per heavy atom. The molecule has 0 aliphatic heterocycles. The van der Waals surface area contributed by atoms with E-state index in [1.807, 2.05) is 0 Å². The Morgan fingerprint density at radius 2 is 1.86 bits per heavy atom. The Morgan fingerprint density at radius 3 is 2.86 bits per heavy atom. The molecule has 0 heterocycles. The van der Waals surface area contributed by atoms with Gasteiger partial charge in [0.15, 0.2) is 0 Å². The molecule has 0 radical (unpaired) electrons. The molecule has 0 aromatic carbocycles. The largest absolute Gasteiger partial charge is 0.0805 e. The molecule has 0 fully saturated rings. The van der Waals surface area contributed by atoms with Crippen molar-refractivity contribution in [1.82, 2.24) is 0 Å². The summed E-state index contributed by atoms with van der Waals surface area (Å²) in [6, 6.07) is 0. The quantitative estimate of drug-likeness (QED) is 0.537. The summed E-state index contributed by atoms with van der Waals surface area (Å²) < 4.78 is 0. The average Bonchev–Trinajstić information content (AvgIpc) is 2.42. The standard InChI is InChI=1S/C14H14/c1-2-6-11-10-12-7-4-5-9-14(12)13(11)8-3-1/h2-9,12,14H,1,10H2. The van der Waals surface area contributed by atoms with Gasteiger partial charge in [0.2, 0.25) is 0 Å². The molecule has 2 unspecified atom stereocenters. The molecule has 0 heteroatoms. The van der Waals surface area contributed by atoms with E-state index in [1.165, 1.54) is 6.42 Å². The van der Waals surface area contributed by atoms with Crippen molar-refractivity contribution in [3.63, 3.8) is 0 Å². The highest BCUT2D eigenvalue weighted by Crippen LogP contribution is 2.42. The fourth-order valence-corrected chi connectivity index (χ4v) is 2.63. The van der Waals surface area contributed by atoms with Crippen LogP contribution in [-0.2, 0) is 0 Å². The summed E-state index contributed by atoms with van der Waals surface area (Å²) in [5, 5.41) is 0. The number of rotatable bonds is 0. The van der Waals surface area contributed by atoms with E-state index in [-0.39, 0.29) is 0 Å². The Kier molecular flexibility index (Phi) is 1.80. The second-order valence-electron chi connectivity index (χ2n) is 4.18. The van der Waals surface area contributed by atoms with Crippen molar-refractivity contribution in [3.8, 4) is 0 Å². The highest BCUT2D eigenvalue weighted by Gasteiger charge is 2.30. The minimum atomic E-state index is 0.647. The summed E-state index contributed by atoms with van der Waals surface area (Å²) in [5.41, 5.74) is 3.09. The fraction of sp³-hybridized carbons (Fsp3) is 0.286. The second-order valence-corrected chi connectivity index (χ2v) is 4.18. The van der Waals surface area contributed by atoms with Crippen molar-refractivity contribution in [1.29, 1.82) is 0 Å². The van der Waals surface area contributed by atoms with Crippen LogP contribution in [0.2, 0.25) is 0 Å². The van der Waals surface area contributed by atoms with Gasteiger partial charge in [-0.1, -0.05) is 48.6 Å². The van der Waals surface area contributed by atoms with Crippen molar-refractivity contribution in [2.45, 2.75) is 12.8 Å². The van der Waals surface area contributed by atoms with Crippen LogP contribution >= 0.6 is 0 Å². The van der Waals surface area contributed by atoms with E-state index in [4.69, 9.17) is 0 Å². The van der Waals surface area contributed by atoms with E-state index in [1.54, 1.807) is 11.1 Å². The molecule has 3 aliphatic carbocycles. The predicted molar refractivity (Wildman–Crippen MR) is 59.8 cm³/mol. The van der Waals surface area contributed by atoms with Crippen LogP contribution in [0.5, 0.6) is 0 Å². The van der Waals surface area contributed by atoms with Gasteiger partial charge in [-0.25, -0.2) is 0 Å². The monoisotopic (exact) mass is 182 g/mol. The van der Waals surface area contributed by atoms with Gasteiger partial charge in [0.1, 0.15) is 0 Å². The first-order valence-corrected chi connectivity index (χ1v) is 5.36. The third-order valence-corrected chi connectivity index (χ3v) is 3.32. The van der Waals surface area contributed by atoms with Crippen LogP contribution in [0.3, 0.4) is 0 Å². The Bertz CT molecular complexity index is 388. The van der Waals surface area contributed by atoms with Gasteiger partial charge in [0.25, 0.3) is 0 Å². The molecule has 14 heavy (non-hydrogen) atoms. The maximum atomic E-state index is 2.35. The van der Waals surface area contributed by atoms with Gasteiger partial charge < -0.3 is 0 Å². The third-order valence-electron chi connectivity index (χ3n) is 3.32. The number of allylic oxidation sites excluding steroid dienone is 10. The fourth-order valence-electron chi connectivity index (χ4n) is 2.63. The van der Waals surface area contributed by atoms with Crippen LogP contribution < -0.4 is 0 Å². The lowest BCUT2D eigenvalue weighted by Crippen LogP contribution is -2.07. The summed E-state index contributed by atoms with van der Waals surface area (Å²) >= 11 is 0. The van der Waals surface area contributed by atoms with Crippen LogP contribution in [0.4, 0.5) is 0 Å². The van der Waals surface area contributed by atoms with E-state index < -0.39 is 0 Å². The molecule has 3 aliphatic rings. The van der Waals surface area contributed by atoms with Crippen molar-refractivity contribution in [2.75, 3.05) is 0 Å². The maximum Gasteiger partial charge on any atom is 0.00898 e. The van der Waals surface area contributed by atoms with Crippen LogP contribution in [0.1, 0.15) is 12.8 Å². The summed E-state index contributed by atoms with van der Waals surface area (Å²) in [7, 11) is 0. The van der Waals surface area contributed by atoms with Crippen molar-refractivity contribution in [3.05, 3.63) is 59.8 Å². The van der Waals surface area contributed by atoms with Crippen LogP contribution in [0, 0.1) is 11.8 Å². The molecule has 3 rings (SSSR count). The molecule has 0 aromatic rings.